The van der Waals surface area contributed by atoms with Crippen molar-refractivity contribution in [2.45, 2.75) is 65.3 Å². The van der Waals surface area contributed by atoms with Gasteiger partial charge in [-0.2, -0.15) is 0 Å². The molecule has 0 aromatic heterocycles. The molecule has 1 rings (SSSR count). The van der Waals surface area contributed by atoms with Crippen LogP contribution in [-0.2, 0) is 0 Å². The first-order valence-corrected chi connectivity index (χ1v) is 7.50. The van der Waals surface area contributed by atoms with Gasteiger partial charge in [-0.1, -0.05) is 19.8 Å². The van der Waals surface area contributed by atoms with E-state index in [-0.39, 0.29) is 0 Å². The highest BCUT2D eigenvalue weighted by Gasteiger charge is 2.19. The molecule has 0 unspecified atom stereocenters. The predicted octanol–water partition coefficient (Wildman–Crippen LogP) is 3.28. The van der Waals surface area contributed by atoms with Crippen molar-refractivity contribution >= 4 is 0 Å². The fourth-order valence-corrected chi connectivity index (χ4v) is 2.87. The molecule has 0 radical (unpaired) electrons. The average Bonchev–Trinajstić information content (AvgIpc) is 2.28. The Morgan fingerprint density at radius 3 is 2.29 bits per heavy atom. The van der Waals surface area contributed by atoms with Gasteiger partial charge in [0.15, 0.2) is 0 Å². The summed E-state index contributed by atoms with van der Waals surface area (Å²) in [4.78, 5) is 2.59. The first-order chi connectivity index (χ1) is 8.04. The Morgan fingerprint density at radius 1 is 1.12 bits per heavy atom. The first-order valence-electron chi connectivity index (χ1n) is 7.50. The lowest BCUT2D eigenvalue weighted by atomic mass is 9.92. The van der Waals surface area contributed by atoms with Crippen LogP contribution in [0.15, 0.2) is 0 Å². The molecule has 1 aliphatic heterocycles. The van der Waals surface area contributed by atoms with Crippen LogP contribution in [0, 0.1) is 5.92 Å². The first kappa shape index (κ1) is 15.0. The molecule has 0 atom stereocenters. The number of hydrogen-bond donors (Lipinski definition) is 1. The second-order valence-electron chi connectivity index (χ2n) is 6.44. The van der Waals surface area contributed by atoms with Gasteiger partial charge >= 0.3 is 0 Å². The van der Waals surface area contributed by atoms with Crippen molar-refractivity contribution < 1.29 is 0 Å². The van der Waals surface area contributed by atoms with Crippen LogP contribution in [-0.4, -0.2) is 36.6 Å². The molecule has 1 saturated heterocycles. The topological polar surface area (TPSA) is 15.3 Å². The Balaban J connectivity index is 2.10. The number of unbranched alkanes of at least 4 members (excludes halogenated alkanes) is 1. The van der Waals surface area contributed by atoms with E-state index in [1.807, 2.05) is 0 Å². The maximum atomic E-state index is 3.44. The summed E-state index contributed by atoms with van der Waals surface area (Å²) in [6.45, 7) is 14.2. The number of rotatable bonds is 6. The molecule has 2 heteroatoms. The van der Waals surface area contributed by atoms with E-state index >= 15 is 0 Å². The van der Waals surface area contributed by atoms with E-state index in [1.165, 1.54) is 58.3 Å². The van der Waals surface area contributed by atoms with Crippen LogP contribution < -0.4 is 5.32 Å². The van der Waals surface area contributed by atoms with Crippen LogP contribution in [0.3, 0.4) is 0 Å². The maximum Gasteiger partial charge on any atom is 0.0124 e. The summed E-state index contributed by atoms with van der Waals surface area (Å²) >= 11 is 0. The highest BCUT2D eigenvalue weighted by atomic mass is 15.2. The van der Waals surface area contributed by atoms with Gasteiger partial charge in [-0.3, -0.25) is 4.90 Å². The zero-order valence-electron chi connectivity index (χ0n) is 12.4. The minimum atomic E-state index is 0.337. The summed E-state index contributed by atoms with van der Waals surface area (Å²) in [5.74, 6) is 1.00. The molecule has 1 N–H and O–H groups in total. The van der Waals surface area contributed by atoms with Gasteiger partial charge in [-0.25, -0.2) is 0 Å². The quantitative estimate of drug-likeness (QED) is 0.717. The Hall–Kier alpha value is -0.0800. The fraction of sp³-hybridized carbons (Fsp3) is 1.00. The molecule has 1 aliphatic rings. The third kappa shape index (κ3) is 5.87. The third-order valence-electron chi connectivity index (χ3n) is 4.08. The van der Waals surface area contributed by atoms with Crippen molar-refractivity contribution in [3.8, 4) is 0 Å². The van der Waals surface area contributed by atoms with E-state index < -0.39 is 0 Å². The lowest BCUT2D eigenvalue weighted by molar-refractivity contribution is 0.140. The smallest absolute Gasteiger partial charge is 0.0124 e. The molecule has 1 fully saturated rings. The van der Waals surface area contributed by atoms with Crippen molar-refractivity contribution in [3.63, 3.8) is 0 Å². The van der Waals surface area contributed by atoms with Crippen molar-refractivity contribution in [1.29, 1.82) is 0 Å². The van der Waals surface area contributed by atoms with Gasteiger partial charge in [-0.05, 0) is 72.1 Å². The molecular formula is C15H32N2. The molecule has 0 spiro atoms. The van der Waals surface area contributed by atoms with Crippen molar-refractivity contribution in [2.75, 3.05) is 26.2 Å². The van der Waals surface area contributed by atoms with Crippen molar-refractivity contribution in [1.82, 2.24) is 10.2 Å². The molecule has 102 valence electrons. The Labute approximate surface area is 108 Å². The molecule has 0 saturated carbocycles. The SMILES string of the molecule is CCN(CCCCC1CCNCC1)C(C)(C)C. The van der Waals surface area contributed by atoms with E-state index in [4.69, 9.17) is 0 Å². The molecular weight excluding hydrogens is 208 g/mol. The number of nitrogens with zero attached hydrogens (tertiary/aromatic N) is 1. The summed E-state index contributed by atoms with van der Waals surface area (Å²) in [7, 11) is 0. The van der Waals surface area contributed by atoms with Crippen LogP contribution in [0.5, 0.6) is 0 Å². The van der Waals surface area contributed by atoms with E-state index in [0.717, 1.165) is 5.92 Å². The average molecular weight is 240 g/mol. The van der Waals surface area contributed by atoms with E-state index in [0.29, 0.717) is 5.54 Å². The summed E-state index contributed by atoms with van der Waals surface area (Å²) in [6, 6.07) is 0. The van der Waals surface area contributed by atoms with Crippen LogP contribution in [0.25, 0.3) is 0 Å². The highest BCUT2D eigenvalue weighted by Crippen LogP contribution is 2.20. The Bertz CT molecular complexity index is 190. The summed E-state index contributed by atoms with van der Waals surface area (Å²) in [6.07, 6.45) is 7.03. The van der Waals surface area contributed by atoms with Gasteiger partial charge in [0.2, 0.25) is 0 Å². The van der Waals surface area contributed by atoms with Gasteiger partial charge in [0.1, 0.15) is 0 Å². The molecule has 2 nitrogen and oxygen atoms in total. The van der Waals surface area contributed by atoms with Gasteiger partial charge in [0.25, 0.3) is 0 Å². The summed E-state index contributed by atoms with van der Waals surface area (Å²) in [5.41, 5.74) is 0.337. The van der Waals surface area contributed by atoms with E-state index in [2.05, 4.69) is 37.9 Å². The lowest BCUT2D eigenvalue weighted by Crippen LogP contribution is -2.41. The van der Waals surface area contributed by atoms with Crippen molar-refractivity contribution in [2.24, 2.45) is 5.92 Å². The second-order valence-corrected chi connectivity index (χ2v) is 6.44. The zero-order chi connectivity index (χ0) is 12.7. The maximum absolute atomic E-state index is 3.44. The predicted molar refractivity (Wildman–Crippen MR) is 76.4 cm³/mol. The van der Waals surface area contributed by atoms with Crippen LogP contribution >= 0.6 is 0 Å². The molecule has 0 amide bonds. The number of hydrogen-bond acceptors (Lipinski definition) is 2. The second kappa shape index (κ2) is 7.38. The molecule has 17 heavy (non-hydrogen) atoms. The standard InChI is InChI=1S/C15H32N2/c1-5-17(15(2,3)4)13-7-6-8-14-9-11-16-12-10-14/h14,16H,5-13H2,1-4H3. The zero-order valence-corrected chi connectivity index (χ0v) is 12.4. The normalized spacial score (nSPS) is 18.9. The molecule has 0 aliphatic carbocycles. The monoisotopic (exact) mass is 240 g/mol. The highest BCUT2D eigenvalue weighted by molar-refractivity contribution is 4.75. The van der Waals surface area contributed by atoms with E-state index in [9.17, 15) is 0 Å². The van der Waals surface area contributed by atoms with Gasteiger partial charge in [-0.15, -0.1) is 0 Å². The van der Waals surface area contributed by atoms with Gasteiger partial charge in [0.05, 0.1) is 0 Å². The minimum absolute atomic E-state index is 0.337. The third-order valence-corrected chi connectivity index (χ3v) is 4.08. The number of piperidine rings is 1. The number of nitrogens with one attached hydrogen (secondary N) is 1. The molecule has 0 bridgehead atoms. The minimum Gasteiger partial charge on any atom is -0.317 e. The van der Waals surface area contributed by atoms with Crippen LogP contribution in [0.2, 0.25) is 0 Å². The van der Waals surface area contributed by atoms with Crippen LogP contribution in [0.1, 0.15) is 59.8 Å². The van der Waals surface area contributed by atoms with Gasteiger partial charge in [0, 0.05) is 5.54 Å². The Kier molecular flexibility index (Phi) is 6.50. The largest absolute Gasteiger partial charge is 0.317 e. The van der Waals surface area contributed by atoms with Crippen LogP contribution in [0.4, 0.5) is 0 Å². The molecule has 0 aromatic rings. The van der Waals surface area contributed by atoms with Crippen molar-refractivity contribution in [3.05, 3.63) is 0 Å². The Morgan fingerprint density at radius 2 is 1.76 bits per heavy atom. The van der Waals surface area contributed by atoms with Gasteiger partial charge < -0.3 is 5.32 Å². The van der Waals surface area contributed by atoms with E-state index in [1.54, 1.807) is 0 Å². The summed E-state index contributed by atoms with van der Waals surface area (Å²) in [5, 5.41) is 3.44. The molecule has 1 heterocycles. The molecule has 0 aromatic carbocycles. The lowest BCUT2D eigenvalue weighted by Gasteiger charge is -2.34. The fourth-order valence-electron chi connectivity index (χ4n) is 2.87. The summed E-state index contributed by atoms with van der Waals surface area (Å²) < 4.78 is 0.